The molecule has 2 heterocycles. The first-order valence-corrected chi connectivity index (χ1v) is 24.3. The summed E-state index contributed by atoms with van der Waals surface area (Å²) in [5.74, 6) is 0. The Morgan fingerprint density at radius 1 is 0.318 bits per heavy atom. The third kappa shape index (κ3) is 9.64. The predicted octanol–water partition coefficient (Wildman–Crippen LogP) is 18.4. The van der Waals surface area contributed by atoms with Crippen molar-refractivity contribution >= 4 is 56.2 Å². The van der Waals surface area contributed by atoms with Gasteiger partial charge in [0, 0.05) is 21.3 Å². The molecule has 0 aliphatic rings. The number of rotatable bonds is 9. The van der Waals surface area contributed by atoms with Gasteiger partial charge in [-0.25, -0.2) is 0 Å². The lowest BCUT2D eigenvalue weighted by Gasteiger charge is -2.21. The van der Waals surface area contributed by atoms with Gasteiger partial charge in [0.15, 0.2) is 0 Å². The Kier molecular flexibility index (Phi) is 13.5. The van der Waals surface area contributed by atoms with Crippen LogP contribution in [0.15, 0.2) is 118 Å². The van der Waals surface area contributed by atoms with Crippen molar-refractivity contribution in [2.75, 3.05) is 0 Å². The van der Waals surface area contributed by atoms with Crippen LogP contribution in [0.3, 0.4) is 0 Å². The molecule has 0 saturated carbocycles. The Morgan fingerprint density at radius 3 is 0.773 bits per heavy atom. The average molecular weight is 991 g/mol. The van der Waals surface area contributed by atoms with Gasteiger partial charge >= 0.3 is 0 Å². The SMILES string of the molecule is Cc1cc(C)c(-c2cc(Br)cc(-c3c(C)cc(C)cc3C)c2/C=C/c2ccc(-c3ccc(/C=C/c4c(-c5c(C)cc(C)cc5C)cc(Br)cc4-c4c(C)cc(C)cc4C)cn3)nc2)c(C)c1. The van der Waals surface area contributed by atoms with Crippen molar-refractivity contribution in [3.05, 3.63) is 207 Å². The van der Waals surface area contributed by atoms with E-state index in [4.69, 9.17) is 9.97 Å². The zero-order valence-electron chi connectivity index (χ0n) is 40.4. The number of nitrogens with zero attached hydrogens (tertiary/aromatic N) is 2. The topological polar surface area (TPSA) is 25.8 Å². The molecule has 0 bridgehead atoms. The van der Waals surface area contributed by atoms with Gasteiger partial charge in [-0.2, -0.15) is 0 Å². The van der Waals surface area contributed by atoms with Crippen LogP contribution >= 0.6 is 31.9 Å². The molecular weight excluding hydrogens is 933 g/mol. The number of benzene rings is 6. The summed E-state index contributed by atoms with van der Waals surface area (Å²) in [6, 6.07) is 35.8. The number of aryl methyl sites for hydroxylation is 12. The fraction of sp³-hybridized carbons (Fsp3) is 0.194. The van der Waals surface area contributed by atoms with Crippen LogP contribution in [0.25, 0.3) is 80.2 Å². The van der Waals surface area contributed by atoms with Crippen LogP contribution < -0.4 is 0 Å². The number of aromatic nitrogens is 2. The molecule has 0 unspecified atom stereocenters. The minimum atomic E-state index is 0.831. The van der Waals surface area contributed by atoms with E-state index in [2.05, 4.69) is 236 Å². The van der Waals surface area contributed by atoms with E-state index in [0.717, 1.165) is 31.5 Å². The van der Waals surface area contributed by atoms with Gasteiger partial charge in [0.1, 0.15) is 0 Å². The monoisotopic (exact) mass is 988 g/mol. The van der Waals surface area contributed by atoms with Crippen molar-refractivity contribution in [1.82, 2.24) is 9.97 Å². The van der Waals surface area contributed by atoms with E-state index >= 15 is 0 Å². The molecular formula is C62H58Br2N2. The highest BCUT2D eigenvalue weighted by Crippen LogP contribution is 2.44. The number of hydrogen-bond donors (Lipinski definition) is 0. The fourth-order valence-corrected chi connectivity index (χ4v) is 11.4. The maximum atomic E-state index is 4.94. The summed E-state index contributed by atoms with van der Waals surface area (Å²) in [7, 11) is 0. The lowest BCUT2D eigenvalue weighted by atomic mass is 9.84. The fourth-order valence-electron chi connectivity index (χ4n) is 10.5. The first kappa shape index (κ1) is 46.6. The Hall–Kier alpha value is -5.94. The molecule has 8 aromatic rings. The van der Waals surface area contributed by atoms with Crippen LogP contribution in [0.1, 0.15) is 89.0 Å². The van der Waals surface area contributed by atoms with E-state index < -0.39 is 0 Å². The van der Waals surface area contributed by atoms with E-state index in [1.807, 2.05) is 12.4 Å². The van der Waals surface area contributed by atoms with Crippen molar-refractivity contribution in [2.45, 2.75) is 83.1 Å². The largest absolute Gasteiger partial charge is 0.254 e. The van der Waals surface area contributed by atoms with Crippen molar-refractivity contribution < 1.29 is 0 Å². The third-order valence-electron chi connectivity index (χ3n) is 12.8. The van der Waals surface area contributed by atoms with Crippen LogP contribution in [0.5, 0.6) is 0 Å². The zero-order chi connectivity index (χ0) is 47.1. The Morgan fingerprint density at radius 2 is 0.561 bits per heavy atom. The molecule has 0 spiro atoms. The molecule has 66 heavy (non-hydrogen) atoms. The van der Waals surface area contributed by atoms with Crippen LogP contribution in [-0.2, 0) is 0 Å². The molecule has 4 heteroatoms. The second kappa shape index (κ2) is 19.1. The second-order valence-electron chi connectivity index (χ2n) is 18.5. The average Bonchev–Trinajstić information content (AvgIpc) is 3.22. The normalized spacial score (nSPS) is 11.7. The second-order valence-corrected chi connectivity index (χ2v) is 20.4. The van der Waals surface area contributed by atoms with Crippen LogP contribution in [0, 0.1) is 83.1 Å². The van der Waals surface area contributed by atoms with E-state index in [9.17, 15) is 0 Å². The van der Waals surface area contributed by atoms with Gasteiger partial charge in [0.05, 0.1) is 11.4 Å². The van der Waals surface area contributed by atoms with Crippen LogP contribution in [0.4, 0.5) is 0 Å². The summed E-state index contributed by atoms with van der Waals surface area (Å²) in [6.45, 7) is 26.5. The molecule has 0 saturated heterocycles. The molecule has 0 radical (unpaired) electrons. The van der Waals surface area contributed by atoms with Gasteiger partial charge in [-0.05, 0) is 231 Å². The molecule has 8 rings (SSSR count). The number of pyridine rings is 2. The minimum absolute atomic E-state index is 0.831. The maximum Gasteiger partial charge on any atom is 0.0886 e. The highest BCUT2D eigenvalue weighted by atomic mass is 79.9. The summed E-state index contributed by atoms with van der Waals surface area (Å²) in [4.78, 5) is 9.87. The van der Waals surface area contributed by atoms with E-state index in [1.54, 1.807) is 0 Å². The smallest absolute Gasteiger partial charge is 0.0886 e. The number of halogens is 2. The first-order valence-electron chi connectivity index (χ1n) is 22.7. The van der Waals surface area contributed by atoms with E-state index in [1.165, 1.54) is 122 Å². The van der Waals surface area contributed by atoms with Gasteiger partial charge in [-0.15, -0.1) is 0 Å². The van der Waals surface area contributed by atoms with Crippen molar-refractivity contribution in [2.24, 2.45) is 0 Å². The summed E-state index contributed by atoms with van der Waals surface area (Å²) in [5, 5.41) is 0. The summed E-state index contributed by atoms with van der Waals surface area (Å²) in [5.41, 5.74) is 31.3. The van der Waals surface area contributed by atoms with Crippen molar-refractivity contribution in [3.63, 3.8) is 0 Å². The minimum Gasteiger partial charge on any atom is -0.254 e. The molecule has 6 aromatic carbocycles. The number of hydrogen-bond acceptors (Lipinski definition) is 2. The molecule has 330 valence electrons. The highest BCUT2D eigenvalue weighted by molar-refractivity contribution is 9.10. The van der Waals surface area contributed by atoms with Gasteiger partial charge in [-0.3, -0.25) is 9.97 Å². The van der Waals surface area contributed by atoms with Crippen LogP contribution in [0.2, 0.25) is 0 Å². The quantitative estimate of drug-likeness (QED) is 0.144. The first-order chi connectivity index (χ1) is 31.4. The van der Waals surface area contributed by atoms with Gasteiger partial charge in [0.25, 0.3) is 0 Å². The van der Waals surface area contributed by atoms with Crippen molar-refractivity contribution in [1.29, 1.82) is 0 Å². The highest BCUT2D eigenvalue weighted by Gasteiger charge is 2.20. The molecule has 0 aliphatic carbocycles. The molecule has 2 nitrogen and oxygen atoms in total. The zero-order valence-corrected chi connectivity index (χ0v) is 43.5. The predicted molar refractivity (Wildman–Crippen MR) is 292 cm³/mol. The lowest BCUT2D eigenvalue weighted by Crippen LogP contribution is -1.98. The Balaban J connectivity index is 1.14. The van der Waals surface area contributed by atoms with Crippen LogP contribution in [-0.4, -0.2) is 9.97 Å². The van der Waals surface area contributed by atoms with Gasteiger partial charge in [-0.1, -0.05) is 139 Å². The molecule has 2 aromatic heterocycles. The molecule has 0 fully saturated rings. The Bertz CT molecular complexity index is 2790. The summed E-state index contributed by atoms with van der Waals surface area (Å²) >= 11 is 7.82. The molecule has 0 aliphatic heterocycles. The van der Waals surface area contributed by atoms with E-state index in [-0.39, 0.29) is 0 Å². The molecule has 0 N–H and O–H groups in total. The summed E-state index contributed by atoms with van der Waals surface area (Å²) in [6.07, 6.45) is 12.8. The Labute approximate surface area is 409 Å². The maximum absolute atomic E-state index is 4.94. The summed E-state index contributed by atoms with van der Waals surface area (Å²) < 4.78 is 2.12. The molecule has 0 atom stereocenters. The van der Waals surface area contributed by atoms with Gasteiger partial charge in [0.2, 0.25) is 0 Å². The lowest BCUT2D eigenvalue weighted by molar-refractivity contribution is 1.24. The molecule has 0 amide bonds. The van der Waals surface area contributed by atoms with Crippen molar-refractivity contribution in [3.8, 4) is 55.9 Å². The standard InChI is InChI=1S/C62H58Br2N2/c1-35-21-39(5)59(40(6)22-35)53-29-49(63)30-54(60-41(7)23-36(2)24-42(60)8)51(53)17-13-47-15-19-57(65-33-47)58-20-16-48(34-66-58)14-18-52-55(61-43(9)25-37(3)26-44(61)10)31-50(64)32-56(52)62-45(11)27-38(4)28-46(62)12/h13-34H,1-12H3/b17-13+,18-14+. The third-order valence-corrected chi connectivity index (χ3v) is 13.7. The van der Waals surface area contributed by atoms with E-state index in [0.29, 0.717) is 0 Å². The van der Waals surface area contributed by atoms with Gasteiger partial charge < -0.3 is 0 Å².